The molecule has 0 saturated carbocycles. The lowest BCUT2D eigenvalue weighted by Crippen LogP contribution is -2.43. The fourth-order valence-electron chi connectivity index (χ4n) is 3.95. The molecular formula is C21H25N3O5S2. The Balaban J connectivity index is 1.47. The Labute approximate surface area is 186 Å². The Hall–Kier alpha value is -2.27. The second-order valence-corrected chi connectivity index (χ2v) is 11.1. The minimum absolute atomic E-state index is 0.0273. The van der Waals surface area contributed by atoms with Crippen LogP contribution in [-0.4, -0.2) is 75.4 Å². The Morgan fingerprint density at radius 2 is 1.87 bits per heavy atom. The third-order valence-electron chi connectivity index (χ3n) is 5.59. The number of morpholine rings is 1. The number of likely N-dealkylation sites (N-methyl/N-ethyl adjacent to an activating group) is 1. The fourth-order valence-corrected chi connectivity index (χ4v) is 6.55. The van der Waals surface area contributed by atoms with Crippen molar-refractivity contribution in [1.29, 1.82) is 0 Å². The molecule has 0 spiro atoms. The van der Waals surface area contributed by atoms with E-state index in [2.05, 4.69) is 0 Å². The molecule has 0 aliphatic carbocycles. The number of rotatable bonds is 5. The number of fused-ring (bicyclic) bond motifs is 1. The number of ether oxygens (including phenoxy) is 1. The van der Waals surface area contributed by atoms with Crippen LogP contribution in [-0.2, 0) is 26.0 Å². The van der Waals surface area contributed by atoms with Crippen LogP contribution in [0, 0.1) is 0 Å². The summed E-state index contributed by atoms with van der Waals surface area (Å²) in [6.45, 7) is 3.61. The van der Waals surface area contributed by atoms with E-state index >= 15 is 0 Å². The summed E-state index contributed by atoms with van der Waals surface area (Å²) in [6, 6.07) is 10.6. The minimum atomic E-state index is -3.89. The summed E-state index contributed by atoms with van der Waals surface area (Å²) in [6.07, 6.45) is 0.746. The van der Waals surface area contributed by atoms with E-state index in [0.29, 0.717) is 31.2 Å². The van der Waals surface area contributed by atoms with Crippen LogP contribution >= 0.6 is 11.3 Å². The Kier molecular flexibility index (Phi) is 6.16. The number of hydrogen-bond acceptors (Lipinski definition) is 6. The van der Waals surface area contributed by atoms with Crippen LogP contribution in [0.15, 0.2) is 40.6 Å². The van der Waals surface area contributed by atoms with Crippen LogP contribution in [0.25, 0.3) is 0 Å². The SMILES string of the molecule is C[C@@H]1Cc2ccccc2N1C(=O)CN(C)S(=O)(=O)c1ccc(C(=O)N2CCOCC2)s1. The number of para-hydroxylation sites is 1. The van der Waals surface area contributed by atoms with Gasteiger partial charge in [0, 0.05) is 31.9 Å². The maximum atomic E-state index is 13.0. The first-order valence-corrected chi connectivity index (χ1v) is 12.4. The summed E-state index contributed by atoms with van der Waals surface area (Å²) >= 11 is 0.932. The van der Waals surface area contributed by atoms with E-state index in [-0.39, 0.29) is 28.6 Å². The van der Waals surface area contributed by atoms with E-state index in [9.17, 15) is 18.0 Å². The molecule has 0 bridgehead atoms. The maximum Gasteiger partial charge on any atom is 0.264 e. The molecule has 31 heavy (non-hydrogen) atoms. The van der Waals surface area contributed by atoms with Gasteiger partial charge in [-0.1, -0.05) is 18.2 Å². The molecule has 1 aromatic carbocycles. The standard InChI is InChI=1S/C21H25N3O5S2/c1-15-13-16-5-3-4-6-17(16)24(15)19(25)14-22(2)31(27,28)20-8-7-18(30-20)21(26)23-9-11-29-12-10-23/h3-8,15H,9-14H2,1-2H3/t15-/m1/s1. The van der Waals surface area contributed by atoms with Crippen LogP contribution in [0.1, 0.15) is 22.2 Å². The van der Waals surface area contributed by atoms with Gasteiger partial charge in [-0.15, -0.1) is 11.3 Å². The Morgan fingerprint density at radius 1 is 1.16 bits per heavy atom. The van der Waals surface area contributed by atoms with E-state index in [0.717, 1.165) is 33.3 Å². The molecule has 0 N–H and O–H groups in total. The number of carbonyl (C=O) groups excluding carboxylic acids is 2. The molecule has 0 radical (unpaired) electrons. The van der Waals surface area contributed by atoms with E-state index < -0.39 is 10.0 Å². The van der Waals surface area contributed by atoms with Gasteiger partial charge in [0.1, 0.15) is 4.21 Å². The van der Waals surface area contributed by atoms with Gasteiger partial charge in [-0.2, -0.15) is 4.31 Å². The highest BCUT2D eigenvalue weighted by atomic mass is 32.2. The molecule has 3 heterocycles. The van der Waals surface area contributed by atoms with Gasteiger partial charge in [0.05, 0.1) is 24.6 Å². The third kappa shape index (κ3) is 4.25. The van der Waals surface area contributed by atoms with E-state index in [1.54, 1.807) is 9.80 Å². The van der Waals surface area contributed by atoms with E-state index in [1.165, 1.54) is 19.2 Å². The van der Waals surface area contributed by atoms with Crippen molar-refractivity contribution in [3.05, 3.63) is 46.8 Å². The highest BCUT2D eigenvalue weighted by Gasteiger charge is 2.34. The van der Waals surface area contributed by atoms with Gasteiger partial charge in [-0.05, 0) is 37.1 Å². The van der Waals surface area contributed by atoms with Crippen LogP contribution in [0.2, 0.25) is 0 Å². The molecular weight excluding hydrogens is 438 g/mol. The van der Waals surface area contributed by atoms with Gasteiger partial charge in [0.2, 0.25) is 5.91 Å². The first kappa shape index (κ1) is 21.9. The van der Waals surface area contributed by atoms with Crippen molar-refractivity contribution in [1.82, 2.24) is 9.21 Å². The molecule has 2 aliphatic heterocycles. The predicted octanol–water partition coefficient (Wildman–Crippen LogP) is 1.82. The highest BCUT2D eigenvalue weighted by Crippen LogP contribution is 2.32. The zero-order valence-corrected chi connectivity index (χ0v) is 19.1. The molecule has 166 valence electrons. The number of carbonyl (C=O) groups is 2. The van der Waals surface area contributed by atoms with Gasteiger partial charge >= 0.3 is 0 Å². The van der Waals surface area contributed by atoms with Crippen LogP contribution < -0.4 is 4.90 Å². The number of anilines is 1. The monoisotopic (exact) mass is 463 g/mol. The summed E-state index contributed by atoms with van der Waals surface area (Å²) in [5.74, 6) is -0.472. The molecule has 2 aromatic rings. The lowest BCUT2D eigenvalue weighted by Gasteiger charge is -2.26. The molecule has 1 fully saturated rings. The predicted molar refractivity (Wildman–Crippen MR) is 118 cm³/mol. The average molecular weight is 464 g/mol. The summed E-state index contributed by atoms with van der Waals surface area (Å²) in [4.78, 5) is 29.3. The summed E-state index contributed by atoms with van der Waals surface area (Å²) < 4.78 is 32.4. The fraction of sp³-hybridized carbons (Fsp3) is 0.429. The van der Waals surface area contributed by atoms with Crippen molar-refractivity contribution in [3.63, 3.8) is 0 Å². The molecule has 1 aromatic heterocycles. The summed E-state index contributed by atoms with van der Waals surface area (Å²) in [7, 11) is -2.50. The molecule has 10 heteroatoms. The van der Waals surface area contributed by atoms with Gasteiger partial charge in [0.25, 0.3) is 15.9 Å². The number of benzene rings is 1. The Morgan fingerprint density at radius 3 is 2.61 bits per heavy atom. The van der Waals surface area contributed by atoms with Gasteiger partial charge in [0.15, 0.2) is 0 Å². The average Bonchev–Trinajstić information content (AvgIpc) is 3.38. The number of sulfonamides is 1. The Bertz CT molecular complexity index is 1090. The van der Waals surface area contributed by atoms with Crippen molar-refractivity contribution < 1.29 is 22.7 Å². The third-order valence-corrected chi connectivity index (χ3v) is 8.93. The highest BCUT2D eigenvalue weighted by molar-refractivity contribution is 7.91. The molecule has 4 rings (SSSR count). The van der Waals surface area contributed by atoms with E-state index in [4.69, 9.17) is 4.74 Å². The lowest BCUT2D eigenvalue weighted by molar-refractivity contribution is -0.118. The molecule has 2 amide bonds. The number of amides is 2. The maximum absolute atomic E-state index is 13.0. The largest absolute Gasteiger partial charge is 0.378 e. The van der Waals surface area contributed by atoms with Crippen LogP contribution in [0.5, 0.6) is 0 Å². The van der Waals surface area contributed by atoms with Crippen molar-refractivity contribution in [2.75, 3.05) is 44.8 Å². The summed E-state index contributed by atoms with van der Waals surface area (Å²) in [5, 5.41) is 0. The van der Waals surface area contributed by atoms with Gasteiger partial charge < -0.3 is 14.5 Å². The van der Waals surface area contributed by atoms with E-state index in [1.807, 2.05) is 31.2 Å². The lowest BCUT2D eigenvalue weighted by atomic mass is 10.1. The molecule has 1 saturated heterocycles. The van der Waals surface area contributed by atoms with Crippen molar-refractivity contribution >= 4 is 38.9 Å². The van der Waals surface area contributed by atoms with Crippen molar-refractivity contribution in [3.8, 4) is 0 Å². The van der Waals surface area contributed by atoms with Gasteiger partial charge in [-0.25, -0.2) is 8.42 Å². The van der Waals surface area contributed by atoms with Crippen LogP contribution in [0.3, 0.4) is 0 Å². The quantitative estimate of drug-likeness (QED) is 0.675. The topological polar surface area (TPSA) is 87.2 Å². The van der Waals surface area contributed by atoms with Crippen molar-refractivity contribution in [2.45, 2.75) is 23.6 Å². The van der Waals surface area contributed by atoms with Crippen molar-refractivity contribution in [2.24, 2.45) is 0 Å². The number of thiophene rings is 1. The smallest absolute Gasteiger partial charge is 0.264 e. The van der Waals surface area contributed by atoms with Gasteiger partial charge in [-0.3, -0.25) is 9.59 Å². The first-order chi connectivity index (χ1) is 14.8. The molecule has 8 nitrogen and oxygen atoms in total. The number of nitrogens with zero attached hydrogens (tertiary/aromatic N) is 3. The normalized spacial score (nSPS) is 19.0. The van der Waals surface area contributed by atoms with Crippen LogP contribution in [0.4, 0.5) is 5.69 Å². The first-order valence-electron chi connectivity index (χ1n) is 10.1. The second-order valence-electron chi connectivity index (χ2n) is 7.73. The zero-order valence-electron chi connectivity index (χ0n) is 17.5. The second kappa shape index (κ2) is 8.70. The summed E-state index contributed by atoms with van der Waals surface area (Å²) in [5.41, 5.74) is 1.92. The zero-order chi connectivity index (χ0) is 22.2. The molecule has 2 aliphatic rings. The molecule has 1 atom stereocenters. The minimum Gasteiger partial charge on any atom is -0.378 e. The molecule has 0 unspecified atom stereocenters. The number of hydrogen-bond donors (Lipinski definition) is 0.